The van der Waals surface area contributed by atoms with E-state index in [0.717, 1.165) is 17.3 Å². The molecular formula is C14H22BrNO. The fraction of sp³-hybridized carbons (Fsp3) is 0.571. The summed E-state index contributed by atoms with van der Waals surface area (Å²) < 4.78 is 1.08. The van der Waals surface area contributed by atoms with Crippen LogP contribution in [-0.4, -0.2) is 18.3 Å². The van der Waals surface area contributed by atoms with Crippen LogP contribution in [0.25, 0.3) is 0 Å². The lowest BCUT2D eigenvalue weighted by atomic mass is 9.76. The van der Waals surface area contributed by atoms with E-state index < -0.39 is 0 Å². The number of halogens is 1. The molecule has 1 unspecified atom stereocenters. The number of hydrogen-bond acceptors (Lipinski definition) is 2. The number of rotatable bonds is 6. The van der Waals surface area contributed by atoms with Crippen molar-refractivity contribution in [3.63, 3.8) is 0 Å². The summed E-state index contributed by atoms with van der Waals surface area (Å²) in [7, 11) is 0. The van der Waals surface area contributed by atoms with Gasteiger partial charge < -0.3 is 10.8 Å². The van der Waals surface area contributed by atoms with Gasteiger partial charge in [0.15, 0.2) is 0 Å². The molecule has 0 spiro atoms. The van der Waals surface area contributed by atoms with Crippen LogP contribution in [-0.2, 0) is 6.42 Å². The van der Waals surface area contributed by atoms with Crippen LogP contribution in [0.5, 0.6) is 0 Å². The van der Waals surface area contributed by atoms with Gasteiger partial charge >= 0.3 is 0 Å². The fourth-order valence-electron chi connectivity index (χ4n) is 2.31. The zero-order valence-electron chi connectivity index (χ0n) is 10.6. The first kappa shape index (κ1) is 14.7. The number of nitrogens with two attached hydrogens (primary N) is 1. The lowest BCUT2D eigenvalue weighted by molar-refractivity contribution is 0.108. The SMILES string of the molecule is CC(C)CC(CN)(CO)Cc1ccc(Br)cc1. The molecule has 0 aliphatic carbocycles. The summed E-state index contributed by atoms with van der Waals surface area (Å²) in [4.78, 5) is 0. The van der Waals surface area contributed by atoms with Crippen molar-refractivity contribution < 1.29 is 5.11 Å². The molecule has 1 rings (SSSR count). The Labute approximate surface area is 112 Å². The van der Waals surface area contributed by atoms with Gasteiger partial charge in [-0.2, -0.15) is 0 Å². The van der Waals surface area contributed by atoms with Crippen LogP contribution >= 0.6 is 15.9 Å². The van der Waals surface area contributed by atoms with Gasteiger partial charge in [0.2, 0.25) is 0 Å². The van der Waals surface area contributed by atoms with E-state index in [2.05, 4.69) is 41.9 Å². The van der Waals surface area contributed by atoms with Crippen LogP contribution in [0.15, 0.2) is 28.7 Å². The second-order valence-electron chi connectivity index (χ2n) is 5.26. The third-order valence-corrected chi connectivity index (χ3v) is 3.63. The van der Waals surface area contributed by atoms with Gasteiger partial charge in [-0.15, -0.1) is 0 Å². The highest BCUT2D eigenvalue weighted by molar-refractivity contribution is 9.10. The molecule has 0 aromatic heterocycles. The van der Waals surface area contributed by atoms with Crippen LogP contribution in [0.1, 0.15) is 25.8 Å². The number of hydrogen-bond donors (Lipinski definition) is 2. The number of aliphatic hydroxyl groups excluding tert-OH is 1. The van der Waals surface area contributed by atoms with Gasteiger partial charge in [-0.1, -0.05) is 41.9 Å². The molecule has 3 heteroatoms. The summed E-state index contributed by atoms with van der Waals surface area (Å²) in [5, 5.41) is 9.65. The van der Waals surface area contributed by atoms with Crippen LogP contribution in [0.2, 0.25) is 0 Å². The number of aliphatic hydroxyl groups is 1. The summed E-state index contributed by atoms with van der Waals surface area (Å²) in [6.45, 7) is 5.01. The average molecular weight is 300 g/mol. The van der Waals surface area contributed by atoms with E-state index in [1.165, 1.54) is 5.56 Å². The predicted molar refractivity (Wildman–Crippen MR) is 75.9 cm³/mol. The highest BCUT2D eigenvalue weighted by atomic mass is 79.9. The van der Waals surface area contributed by atoms with E-state index >= 15 is 0 Å². The zero-order chi connectivity index (χ0) is 12.9. The molecule has 0 radical (unpaired) electrons. The van der Waals surface area contributed by atoms with Gasteiger partial charge in [-0.05, 0) is 36.5 Å². The summed E-state index contributed by atoms with van der Waals surface area (Å²) in [6.07, 6.45) is 1.79. The Bertz CT molecular complexity index is 331. The summed E-state index contributed by atoms with van der Waals surface area (Å²) in [5.41, 5.74) is 6.93. The normalized spacial score (nSPS) is 14.9. The maximum atomic E-state index is 9.65. The highest BCUT2D eigenvalue weighted by Crippen LogP contribution is 2.29. The van der Waals surface area contributed by atoms with Gasteiger partial charge in [-0.25, -0.2) is 0 Å². The fourth-order valence-corrected chi connectivity index (χ4v) is 2.58. The molecular weight excluding hydrogens is 278 g/mol. The van der Waals surface area contributed by atoms with Crippen molar-refractivity contribution in [2.45, 2.75) is 26.7 Å². The second kappa shape index (κ2) is 6.53. The van der Waals surface area contributed by atoms with E-state index in [4.69, 9.17) is 5.73 Å². The van der Waals surface area contributed by atoms with Crippen LogP contribution in [0.4, 0.5) is 0 Å². The molecule has 1 atom stereocenters. The summed E-state index contributed by atoms with van der Waals surface area (Å²) in [5.74, 6) is 0.543. The van der Waals surface area contributed by atoms with Crippen molar-refractivity contribution in [1.82, 2.24) is 0 Å². The third-order valence-electron chi connectivity index (χ3n) is 3.10. The molecule has 96 valence electrons. The van der Waals surface area contributed by atoms with Crippen LogP contribution in [0.3, 0.4) is 0 Å². The average Bonchev–Trinajstić information content (AvgIpc) is 2.30. The summed E-state index contributed by atoms with van der Waals surface area (Å²) >= 11 is 3.43. The van der Waals surface area contributed by atoms with Gasteiger partial charge in [0, 0.05) is 16.4 Å². The second-order valence-corrected chi connectivity index (χ2v) is 6.18. The predicted octanol–water partition coefficient (Wildman–Crippen LogP) is 2.98. The molecule has 0 amide bonds. The summed E-state index contributed by atoms with van der Waals surface area (Å²) in [6, 6.07) is 8.24. The van der Waals surface area contributed by atoms with Crippen molar-refractivity contribution in [3.05, 3.63) is 34.3 Å². The zero-order valence-corrected chi connectivity index (χ0v) is 12.2. The molecule has 1 aromatic carbocycles. The first-order valence-electron chi connectivity index (χ1n) is 6.07. The quantitative estimate of drug-likeness (QED) is 0.848. The van der Waals surface area contributed by atoms with Crippen molar-refractivity contribution in [2.75, 3.05) is 13.2 Å². The molecule has 0 saturated carbocycles. The molecule has 3 N–H and O–H groups in total. The van der Waals surface area contributed by atoms with E-state index in [1.807, 2.05) is 12.1 Å². The van der Waals surface area contributed by atoms with E-state index in [1.54, 1.807) is 0 Å². The van der Waals surface area contributed by atoms with E-state index in [-0.39, 0.29) is 12.0 Å². The molecule has 0 saturated heterocycles. The lowest BCUT2D eigenvalue weighted by Gasteiger charge is -2.32. The number of benzene rings is 1. The minimum absolute atomic E-state index is 0.151. The van der Waals surface area contributed by atoms with Crippen molar-refractivity contribution in [3.8, 4) is 0 Å². The monoisotopic (exact) mass is 299 g/mol. The van der Waals surface area contributed by atoms with Gasteiger partial charge in [0.25, 0.3) is 0 Å². The Morgan fingerprint density at radius 2 is 1.88 bits per heavy atom. The maximum absolute atomic E-state index is 9.65. The van der Waals surface area contributed by atoms with Crippen molar-refractivity contribution in [2.24, 2.45) is 17.1 Å². The standard InChI is InChI=1S/C14H22BrNO/c1-11(2)7-14(9-16,10-17)8-12-3-5-13(15)6-4-12/h3-6,11,17H,7-10,16H2,1-2H3. The molecule has 0 aliphatic heterocycles. The Kier molecular flexibility index (Phi) is 5.63. The van der Waals surface area contributed by atoms with Crippen LogP contribution < -0.4 is 5.73 Å². The molecule has 0 fully saturated rings. The Morgan fingerprint density at radius 1 is 1.29 bits per heavy atom. The maximum Gasteiger partial charge on any atom is 0.0502 e. The first-order chi connectivity index (χ1) is 8.01. The Morgan fingerprint density at radius 3 is 2.29 bits per heavy atom. The minimum Gasteiger partial charge on any atom is -0.396 e. The molecule has 1 aromatic rings. The molecule has 0 aliphatic rings. The van der Waals surface area contributed by atoms with Gasteiger partial charge in [0.05, 0.1) is 6.61 Å². The Hall–Kier alpha value is -0.380. The molecule has 0 bridgehead atoms. The lowest BCUT2D eigenvalue weighted by Crippen LogP contribution is -2.37. The first-order valence-corrected chi connectivity index (χ1v) is 6.86. The largest absolute Gasteiger partial charge is 0.396 e. The van der Waals surface area contributed by atoms with Gasteiger partial charge in [-0.3, -0.25) is 0 Å². The highest BCUT2D eigenvalue weighted by Gasteiger charge is 2.29. The topological polar surface area (TPSA) is 46.2 Å². The van der Waals surface area contributed by atoms with E-state index in [9.17, 15) is 5.11 Å². The van der Waals surface area contributed by atoms with Gasteiger partial charge in [0.1, 0.15) is 0 Å². The smallest absolute Gasteiger partial charge is 0.0502 e. The van der Waals surface area contributed by atoms with E-state index in [0.29, 0.717) is 12.5 Å². The third kappa shape index (κ3) is 4.41. The van der Waals surface area contributed by atoms with Crippen LogP contribution in [0, 0.1) is 11.3 Å². The molecule has 17 heavy (non-hydrogen) atoms. The van der Waals surface area contributed by atoms with Crippen molar-refractivity contribution in [1.29, 1.82) is 0 Å². The molecule has 0 heterocycles. The van der Waals surface area contributed by atoms with Crippen molar-refractivity contribution >= 4 is 15.9 Å². The Balaban J connectivity index is 2.82. The minimum atomic E-state index is -0.179. The molecule has 2 nitrogen and oxygen atoms in total.